The Morgan fingerprint density at radius 2 is 1.68 bits per heavy atom. The minimum Gasteiger partial charge on any atom is -0.475 e. The molecule has 0 unspecified atom stereocenters. The van der Waals surface area contributed by atoms with Crippen LogP contribution in [0.15, 0.2) is 36.4 Å². The van der Waals surface area contributed by atoms with Gasteiger partial charge in [0.2, 0.25) is 11.9 Å². The number of hydrogen-bond donors (Lipinski definition) is 3. The number of alkyl halides is 3. The van der Waals surface area contributed by atoms with Gasteiger partial charge in [-0.05, 0) is 49.4 Å². The Bertz CT molecular complexity index is 1360. The molecule has 216 valence electrons. The van der Waals surface area contributed by atoms with Gasteiger partial charge in [-0.3, -0.25) is 4.79 Å². The summed E-state index contributed by atoms with van der Waals surface area (Å²) in [5, 5.41) is 14.5. The van der Waals surface area contributed by atoms with E-state index in [0.717, 1.165) is 43.4 Å². The molecule has 1 aliphatic carbocycles. The maximum atomic E-state index is 13.8. The summed E-state index contributed by atoms with van der Waals surface area (Å²) in [7, 11) is 3.58. The van der Waals surface area contributed by atoms with Crippen LogP contribution in [0.1, 0.15) is 31.2 Å². The Morgan fingerprint density at radius 3 is 2.25 bits per heavy atom. The summed E-state index contributed by atoms with van der Waals surface area (Å²) in [4.78, 5) is 32.1. The second-order valence-electron chi connectivity index (χ2n) is 9.39. The number of amides is 1. The summed E-state index contributed by atoms with van der Waals surface area (Å²) in [5.74, 6) is -3.76. The Morgan fingerprint density at radius 1 is 1.05 bits per heavy atom. The first-order valence-corrected chi connectivity index (χ1v) is 12.5. The average Bonchev–Trinajstić information content (AvgIpc) is 2.88. The lowest BCUT2D eigenvalue weighted by Gasteiger charge is -2.28. The lowest BCUT2D eigenvalue weighted by molar-refractivity contribution is -0.192. The van der Waals surface area contributed by atoms with E-state index in [1.807, 2.05) is 18.2 Å². The molecule has 0 saturated heterocycles. The van der Waals surface area contributed by atoms with E-state index in [2.05, 4.69) is 20.6 Å². The Labute approximate surface area is 231 Å². The van der Waals surface area contributed by atoms with Gasteiger partial charge in [-0.25, -0.2) is 18.6 Å². The van der Waals surface area contributed by atoms with Crippen LogP contribution in [0, 0.1) is 17.6 Å². The molecular weight excluding hydrogens is 561 g/mol. The molecule has 8 nitrogen and oxygen atoms in total. The molecular formula is C26H27ClF5N5O3. The molecule has 3 N–H and O–H groups in total. The van der Waals surface area contributed by atoms with E-state index in [9.17, 15) is 26.7 Å². The topological polar surface area (TPSA) is 107 Å². The van der Waals surface area contributed by atoms with Crippen LogP contribution in [0.5, 0.6) is 0 Å². The molecule has 1 amide bonds. The molecule has 1 heterocycles. The van der Waals surface area contributed by atoms with Gasteiger partial charge < -0.3 is 20.6 Å². The van der Waals surface area contributed by atoms with E-state index in [1.165, 1.54) is 0 Å². The standard InChI is InChI=1S/C24H26ClF2N5O.C2HF3O2/c1-32(2)22-18-11-19(26)20(27)12-21(18)30-24(31-22)29-17-8-6-15(7-9-17)23(33)28-13-14-4-3-5-16(25)10-14;3-2(4,5)1(6)7/h3-5,10-12,15,17H,6-9,13H2,1-2H3,(H,28,33)(H,29,30,31);(H,6,7)/t15-,17+;. The number of aliphatic carboxylic acids is 1. The van der Waals surface area contributed by atoms with Crippen molar-refractivity contribution in [1.29, 1.82) is 0 Å². The van der Waals surface area contributed by atoms with E-state index in [-0.39, 0.29) is 17.9 Å². The molecule has 0 radical (unpaired) electrons. The molecule has 0 bridgehead atoms. The smallest absolute Gasteiger partial charge is 0.475 e. The van der Waals surface area contributed by atoms with Crippen LogP contribution in [0.2, 0.25) is 5.02 Å². The zero-order chi connectivity index (χ0) is 29.6. The van der Waals surface area contributed by atoms with Crippen molar-refractivity contribution in [3.8, 4) is 0 Å². The number of anilines is 2. The quantitative estimate of drug-likeness (QED) is 0.325. The minimum absolute atomic E-state index is 0.0442. The van der Waals surface area contributed by atoms with E-state index in [1.54, 1.807) is 25.1 Å². The first kappa shape index (κ1) is 30.8. The highest BCUT2D eigenvalue weighted by molar-refractivity contribution is 6.30. The minimum atomic E-state index is -5.08. The van der Waals surface area contributed by atoms with E-state index in [4.69, 9.17) is 21.5 Å². The number of rotatable bonds is 6. The molecule has 14 heteroatoms. The Hall–Kier alpha value is -3.74. The van der Waals surface area contributed by atoms with Crippen molar-refractivity contribution in [2.24, 2.45) is 5.92 Å². The van der Waals surface area contributed by atoms with Gasteiger partial charge in [0, 0.05) is 49.1 Å². The molecule has 0 spiro atoms. The summed E-state index contributed by atoms with van der Waals surface area (Å²) < 4.78 is 59.2. The largest absolute Gasteiger partial charge is 0.490 e. The molecule has 1 aliphatic rings. The van der Waals surface area contributed by atoms with E-state index >= 15 is 0 Å². The first-order valence-electron chi connectivity index (χ1n) is 12.2. The van der Waals surface area contributed by atoms with Gasteiger partial charge in [-0.15, -0.1) is 0 Å². The normalized spacial score (nSPS) is 17.0. The monoisotopic (exact) mass is 587 g/mol. The third-order valence-corrected chi connectivity index (χ3v) is 6.41. The lowest BCUT2D eigenvalue weighted by atomic mass is 9.85. The number of halogens is 6. The predicted molar refractivity (Wildman–Crippen MR) is 140 cm³/mol. The van der Waals surface area contributed by atoms with Crippen LogP contribution in [-0.2, 0) is 16.1 Å². The highest BCUT2D eigenvalue weighted by atomic mass is 35.5. The molecule has 0 atom stereocenters. The Balaban J connectivity index is 0.000000559. The van der Waals surface area contributed by atoms with Crippen LogP contribution < -0.4 is 15.5 Å². The maximum Gasteiger partial charge on any atom is 0.490 e. The van der Waals surface area contributed by atoms with Crippen molar-refractivity contribution < 1.29 is 36.6 Å². The van der Waals surface area contributed by atoms with Gasteiger partial charge >= 0.3 is 12.1 Å². The molecule has 0 aliphatic heterocycles. The first-order chi connectivity index (χ1) is 18.7. The van der Waals surface area contributed by atoms with Crippen molar-refractivity contribution >= 4 is 46.1 Å². The number of hydrogen-bond acceptors (Lipinski definition) is 6. The van der Waals surface area contributed by atoms with Crippen molar-refractivity contribution in [3.63, 3.8) is 0 Å². The number of aromatic nitrogens is 2. The van der Waals surface area contributed by atoms with Crippen molar-refractivity contribution in [2.75, 3.05) is 24.3 Å². The van der Waals surface area contributed by atoms with Crippen molar-refractivity contribution in [3.05, 3.63) is 58.6 Å². The fourth-order valence-corrected chi connectivity index (χ4v) is 4.39. The van der Waals surface area contributed by atoms with Crippen LogP contribution in [0.3, 0.4) is 0 Å². The molecule has 2 aromatic carbocycles. The summed E-state index contributed by atoms with van der Waals surface area (Å²) in [5.41, 5.74) is 1.30. The van der Waals surface area contributed by atoms with Crippen LogP contribution in [-0.4, -0.2) is 53.3 Å². The number of nitrogens with one attached hydrogen (secondary N) is 2. The predicted octanol–water partition coefficient (Wildman–Crippen LogP) is 5.55. The number of carboxylic acids is 1. The summed E-state index contributed by atoms with van der Waals surface area (Å²) in [6, 6.07) is 9.74. The van der Waals surface area contributed by atoms with Crippen LogP contribution in [0.4, 0.5) is 33.7 Å². The zero-order valence-electron chi connectivity index (χ0n) is 21.5. The average molecular weight is 588 g/mol. The fraction of sp³-hybridized carbons (Fsp3) is 0.385. The highest BCUT2D eigenvalue weighted by Gasteiger charge is 2.38. The molecule has 4 rings (SSSR count). The molecule has 3 aromatic rings. The van der Waals surface area contributed by atoms with E-state index in [0.29, 0.717) is 34.2 Å². The number of nitrogens with zero attached hydrogens (tertiary/aromatic N) is 3. The second kappa shape index (κ2) is 13.1. The van der Waals surface area contributed by atoms with Gasteiger partial charge in [0.1, 0.15) is 5.82 Å². The Kier molecular flexibility index (Phi) is 10.1. The maximum absolute atomic E-state index is 13.8. The van der Waals surface area contributed by atoms with Crippen molar-refractivity contribution in [1.82, 2.24) is 15.3 Å². The fourth-order valence-electron chi connectivity index (χ4n) is 4.18. The van der Waals surface area contributed by atoms with Crippen LogP contribution >= 0.6 is 11.6 Å². The molecule has 1 saturated carbocycles. The molecule has 40 heavy (non-hydrogen) atoms. The van der Waals surface area contributed by atoms with Crippen LogP contribution in [0.25, 0.3) is 10.9 Å². The molecule has 1 fully saturated rings. The third kappa shape index (κ3) is 8.38. The van der Waals surface area contributed by atoms with Crippen molar-refractivity contribution in [2.45, 2.75) is 44.4 Å². The highest BCUT2D eigenvalue weighted by Crippen LogP contribution is 2.29. The zero-order valence-corrected chi connectivity index (χ0v) is 22.3. The van der Waals surface area contributed by atoms with Gasteiger partial charge in [0.05, 0.1) is 5.52 Å². The summed E-state index contributed by atoms with van der Waals surface area (Å²) in [6.45, 7) is 0.451. The van der Waals surface area contributed by atoms with Gasteiger partial charge in [0.25, 0.3) is 0 Å². The number of carbonyl (C=O) groups is 2. The van der Waals surface area contributed by atoms with Gasteiger partial charge in [-0.2, -0.15) is 18.2 Å². The lowest BCUT2D eigenvalue weighted by Crippen LogP contribution is -2.35. The van der Waals surface area contributed by atoms with Gasteiger partial charge in [0.15, 0.2) is 11.6 Å². The second-order valence-corrected chi connectivity index (χ2v) is 9.83. The number of fused-ring (bicyclic) bond motifs is 1. The summed E-state index contributed by atoms with van der Waals surface area (Å²) in [6.07, 6.45) is -2.03. The van der Waals surface area contributed by atoms with Gasteiger partial charge in [-0.1, -0.05) is 23.7 Å². The number of carbonyl (C=O) groups excluding carboxylic acids is 1. The number of benzene rings is 2. The molecule has 1 aromatic heterocycles. The third-order valence-electron chi connectivity index (χ3n) is 6.17. The SMILES string of the molecule is CN(C)c1nc(N[C@H]2CC[C@@H](C(=O)NCc3cccc(Cl)c3)CC2)nc2cc(F)c(F)cc12.O=C(O)C(F)(F)F. The van der Waals surface area contributed by atoms with E-state index < -0.39 is 23.8 Å². The summed E-state index contributed by atoms with van der Waals surface area (Å²) >= 11 is 6.00. The number of carboxylic acid groups (broad SMARTS) is 1.